The zero-order valence-corrected chi connectivity index (χ0v) is 10.0. The number of aliphatic hydroxyl groups is 1. The number of ether oxygens (including phenoxy) is 1. The average Bonchev–Trinajstić information content (AvgIpc) is 2.92. The van der Waals surface area contributed by atoms with Gasteiger partial charge in [-0.15, -0.1) is 0 Å². The minimum Gasteiger partial charge on any atom is -0.390 e. The lowest BCUT2D eigenvalue weighted by Crippen LogP contribution is -2.34. The van der Waals surface area contributed by atoms with E-state index in [2.05, 4.69) is 13.8 Å². The molecule has 0 unspecified atom stereocenters. The lowest BCUT2D eigenvalue weighted by molar-refractivity contribution is 0.0578. The molecule has 1 saturated heterocycles. The predicted molar refractivity (Wildman–Crippen MR) is 60.8 cm³/mol. The fourth-order valence-electron chi connectivity index (χ4n) is 2.91. The molecule has 0 bridgehead atoms. The van der Waals surface area contributed by atoms with Crippen LogP contribution < -0.4 is 0 Å². The maximum atomic E-state index is 10.2. The van der Waals surface area contributed by atoms with E-state index >= 15 is 0 Å². The van der Waals surface area contributed by atoms with Crippen LogP contribution in [0.1, 0.15) is 58.8 Å². The molecule has 0 aromatic rings. The monoisotopic (exact) mass is 212 g/mol. The zero-order chi connectivity index (χ0) is 10.9. The molecule has 88 valence electrons. The predicted octanol–water partition coefficient (Wildman–Crippen LogP) is 2.89. The molecule has 0 spiro atoms. The van der Waals surface area contributed by atoms with Crippen molar-refractivity contribution in [1.29, 1.82) is 0 Å². The van der Waals surface area contributed by atoms with Crippen LogP contribution in [0, 0.1) is 5.92 Å². The van der Waals surface area contributed by atoms with Crippen molar-refractivity contribution in [2.45, 2.75) is 76.6 Å². The molecule has 1 aliphatic heterocycles. The lowest BCUT2D eigenvalue weighted by Gasteiger charge is -2.23. The molecule has 0 radical (unpaired) electrons. The highest BCUT2D eigenvalue weighted by Crippen LogP contribution is 2.51. The molecule has 2 aliphatic rings. The van der Waals surface area contributed by atoms with Gasteiger partial charge in [0.15, 0.2) is 0 Å². The number of hydrogen-bond donors (Lipinski definition) is 1. The van der Waals surface area contributed by atoms with Gasteiger partial charge in [-0.1, -0.05) is 39.5 Å². The van der Waals surface area contributed by atoms with Crippen molar-refractivity contribution in [3.63, 3.8) is 0 Å². The van der Waals surface area contributed by atoms with Gasteiger partial charge in [0.2, 0.25) is 0 Å². The highest BCUT2D eigenvalue weighted by Gasteiger charge is 2.61. The summed E-state index contributed by atoms with van der Waals surface area (Å²) in [5, 5.41) is 10.2. The van der Waals surface area contributed by atoms with Crippen LogP contribution in [-0.4, -0.2) is 22.9 Å². The van der Waals surface area contributed by atoms with E-state index in [1.165, 1.54) is 25.7 Å². The van der Waals surface area contributed by atoms with Gasteiger partial charge in [0, 0.05) is 0 Å². The third kappa shape index (κ3) is 2.36. The molecule has 0 aromatic heterocycles. The fraction of sp³-hybridized carbons (Fsp3) is 1.00. The molecule has 2 rings (SSSR count). The minimum atomic E-state index is -0.207. The first-order chi connectivity index (χ1) is 7.15. The van der Waals surface area contributed by atoms with Crippen LogP contribution in [0.5, 0.6) is 0 Å². The van der Waals surface area contributed by atoms with Gasteiger partial charge in [-0.3, -0.25) is 0 Å². The summed E-state index contributed by atoms with van der Waals surface area (Å²) >= 11 is 0. The minimum absolute atomic E-state index is 0.102. The summed E-state index contributed by atoms with van der Waals surface area (Å²) in [6.45, 7) is 4.48. The Morgan fingerprint density at radius 2 is 2.13 bits per heavy atom. The Hall–Kier alpha value is -0.0800. The number of aliphatic hydroxyl groups excluding tert-OH is 1. The van der Waals surface area contributed by atoms with Crippen molar-refractivity contribution in [1.82, 2.24) is 0 Å². The molecule has 3 atom stereocenters. The molecule has 1 saturated carbocycles. The number of rotatable bonds is 5. The molecule has 2 heteroatoms. The van der Waals surface area contributed by atoms with Gasteiger partial charge in [0.25, 0.3) is 0 Å². The van der Waals surface area contributed by atoms with Gasteiger partial charge in [0.05, 0.1) is 12.2 Å². The molecular formula is C13H24O2. The van der Waals surface area contributed by atoms with Gasteiger partial charge in [-0.25, -0.2) is 0 Å². The molecule has 2 nitrogen and oxygen atoms in total. The first-order valence-electron chi connectivity index (χ1n) is 6.51. The summed E-state index contributed by atoms with van der Waals surface area (Å²) in [7, 11) is 0. The Labute approximate surface area is 93.0 Å². The summed E-state index contributed by atoms with van der Waals surface area (Å²) in [6, 6.07) is 0. The van der Waals surface area contributed by atoms with E-state index in [1.54, 1.807) is 0 Å². The zero-order valence-electron chi connectivity index (χ0n) is 10.0. The van der Waals surface area contributed by atoms with Crippen LogP contribution in [0.15, 0.2) is 0 Å². The molecular weight excluding hydrogens is 188 g/mol. The Kier molecular flexibility index (Phi) is 3.36. The van der Waals surface area contributed by atoms with Crippen molar-refractivity contribution < 1.29 is 9.84 Å². The summed E-state index contributed by atoms with van der Waals surface area (Å²) in [4.78, 5) is 0. The molecule has 1 heterocycles. The lowest BCUT2D eigenvalue weighted by atomic mass is 9.83. The summed E-state index contributed by atoms with van der Waals surface area (Å²) in [6.07, 6.45) is 8.23. The quantitative estimate of drug-likeness (QED) is 0.711. The van der Waals surface area contributed by atoms with E-state index in [0.29, 0.717) is 6.10 Å². The van der Waals surface area contributed by atoms with Gasteiger partial charge in [-0.2, -0.15) is 0 Å². The van der Waals surface area contributed by atoms with E-state index in [9.17, 15) is 5.11 Å². The normalized spacial score (nSPS) is 36.4. The van der Waals surface area contributed by atoms with E-state index in [1.807, 2.05) is 0 Å². The second-order valence-corrected chi connectivity index (χ2v) is 5.65. The van der Waals surface area contributed by atoms with E-state index in [0.717, 1.165) is 25.2 Å². The van der Waals surface area contributed by atoms with E-state index in [4.69, 9.17) is 4.74 Å². The maximum absolute atomic E-state index is 10.2. The smallest absolute Gasteiger partial charge is 0.120 e. The third-order valence-electron chi connectivity index (χ3n) is 3.96. The largest absolute Gasteiger partial charge is 0.390 e. The van der Waals surface area contributed by atoms with Crippen molar-refractivity contribution in [3.8, 4) is 0 Å². The summed E-state index contributed by atoms with van der Waals surface area (Å²) in [5.74, 6) is 0.747. The van der Waals surface area contributed by atoms with Crippen LogP contribution in [0.2, 0.25) is 0 Å². The molecule has 15 heavy (non-hydrogen) atoms. The topological polar surface area (TPSA) is 32.8 Å². The SMILES string of the molecule is CC(C)CCC[C@H](O)[C@@]12CCCC[C@@H]1O2. The number of fused-ring (bicyclic) bond motifs is 1. The van der Waals surface area contributed by atoms with Crippen LogP contribution in [0.4, 0.5) is 0 Å². The van der Waals surface area contributed by atoms with Crippen molar-refractivity contribution >= 4 is 0 Å². The fourth-order valence-corrected chi connectivity index (χ4v) is 2.91. The van der Waals surface area contributed by atoms with Crippen LogP contribution in [0.3, 0.4) is 0 Å². The highest BCUT2D eigenvalue weighted by molar-refractivity contribution is 5.09. The van der Waals surface area contributed by atoms with Crippen molar-refractivity contribution in [2.24, 2.45) is 5.92 Å². The van der Waals surface area contributed by atoms with Crippen LogP contribution in [0.25, 0.3) is 0 Å². The Morgan fingerprint density at radius 3 is 2.80 bits per heavy atom. The van der Waals surface area contributed by atoms with Gasteiger partial charge in [-0.05, 0) is 25.2 Å². The van der Waals surface area contributed by atoms with Crippen molar-refractivity contribution in [2.75, 3.05) is 0 Å². The Balaban J connectivity index is 1.74. The van der Waals surface area contributed by atoms with Crippen LogP contribution >= 0.6 is 0 Å². The number of hydrogen-bond acceptors (Lipinski definition) is 2. The van der Waals surface area contributed by atoms with Gasteiger partial charge < -0.3 is 9.84 Å². The second-order valence-electron chi connectivity index (χ2n) is 5.65. The molecule has 0 aromatic carbocycles. The third-order valence-corrected chi connectivity index (χ3v) is 3.96. The summed E-state index contributed by atoms with van der Waals surface area (Å²) in [5.41, 5.74) is -0.102. The number of epoxide rings is 1. The van der Waals surface area contributed by atoms with Crippen molar-refractivity contribution in [3.05, 3.63) is 0 Å². The molecule has 0 amide bonds. The summed E-state index contributed by atoms with van der Waals surface area (Å²) < 4.78 is 5.73. The standard InChI is InChI=1S/C13H24O2/c1-10(2)6-5-7-11(14)13-9-4-3-8-12(13)15-13/h10-12,14H,3-9H2,1-2H3/t11-,12-,13-/m0/s1. The maximum Gasteiger partial charge on any atom is 0.120 e. The first kappa shape index (κ1) is 11.4. The second kappa shape index (κ2) is 4.42. The van der Waals surface area contributed by atoms with Gasteiger partial charge in [0.1, 0.15) is 5.60 Å². The van der Waals surface area contributed by atoms with Crippen LogP contribution in [-0.2, 0) is 4.74 Å². The Morgan fingerprint density at radius 1 is 1.33 bits per heavy atom. The first-order valence-corrected chi connectivity index (χ1v) is 6.51. The molecule has 1 N–H and O–H groups in total. The molecule has 1 aliphatic carbocycles. The van der Waals surface area contributed by atoms with Gasteiger partial charge >= 0.3 is 0 Å². The highest BCUT2D eigenvalue weighted by atomic mass is 16.6. The average molecular weight is 212 g/mol. The van der Waals surface area contributed by atoms with E-state index in [-0.39, 0.29) is 11.7 Å². The molecule has 2 fully saturated rings. The van der Waals surface area contributed by atoms with E-state index < -0.39 is 0 Å². The Bertz CT molecular complexity index is 215.